The summed E-state index contributed by atoms with van der Waals surface area (Å²) in [6, 6.07) is -0.508. The van der Waals surface area contributed by atoms with E-state index in [1.54, 1.807) is 6.92 Å². The molecule has 0 bridgehead atoms. The average Bonchev–Trinajstić information content (AvgIpc) is 2.57. The van der Waals surface area contributed by atoms with Gasteiger partial charge in [-0.1, -0.05) is 11.6 Å². The minimum absolute atomic E-state index is 0.310. The first-order valence-electron chi connectivity index (χ1n) is 4.55. The van der Waals surface area contributed by atoms with E-state index in [1.807, 2.05) is 0 Å². The summed E-state index contributed by atoms with van der Waals surface area (Å²) in [6.45, 7) is 3.89. The Labute approximate surface area is 78.1 Å². The van der Waals surface area contributed by atoms with E-state index in [0.717, 1.165) is 13.1 Å². The number of nitrogens with one attached hydrogen (secondary N) is 1. The summed E-state index contributed by atoms with van der Waals surface area (Å²) in [5.74, 6) is -0.310. The normalized spacial score (nSPS) is 18.2. The number of ether oxygens (including phenoxy) is 1. The highest BCUT2D eigenvalue weighted by Crippen LogP contribution is 2.07. The second kappa shape index (κ2) is 4.99. The molecule has 0 fully saturated rings. The van der Waals surface area contributed by atoms with Gasteiger partial charge >= 0.3 is 5.97 Å². The molecule has 0 saturated carbocycles. The standard InChI is InChI=1S/C9H16N2O2/c1-2-13-9(12)8(10)5-7-3-4-11-6-7/h3,8,11H,2,4-6,10H2,1H3. The second-order valence-electron chi connectivity index (χ2n) is 3.06. The van der Waals surface area contributed by atoms with Crippen molar-refractivity contribution in [2.24, 2.45) is 5.73 Å². The first-order chi connectivity index (χ1) is 6.24. The maximum absolute atomic E-state index is 11.1. The SMILES string of the molecule is CCOC(=O)C(N)CC1=CCNC1. The van der Waals surface area contributed by atoms with Crippen molar-refractivity contribution in [3.05, 3.63) is 11.6 Å². The molecular formula is C9H16N2O2. The van der Waals surface area contributed by atoms with Gasteiger partial charge < -0.3 is 15.8 Å². The van der Waals surface area contributed by atoms with Crippen LogP contribution in [0, 0.1) is 0 Å². The zero-order valence-electron chi connectivity index (χ0n) is 7.88. The zero-order chi connectivity index (χ0) is 9.68. The predicted octanol–water partition coefficient (Wildman–Crippen LogP) is -0.203. The van der Waals surface area contributed by atoms with Crippen molar-refractivity contribution in [3.8, 4) is 0 Å². The van der Waals surface area contributed by atoms with Crippen molar-refractivity contribution >= 4 is 5.97 Å². The number of carbonyl (C=O) groups excluding carboxylic acids is 1. The topological polar surface area (TPSA) is 64.3 Å². The highest BCUT2D eigenvalue weighted by atomic mass is 16.5. The van der Waals surface area contributed by atoms with Gasteiger partial charge in [0, 0.05) is 13.1 Å². The predicted molar refractivity (Wildman–Crippen MR) is 50.2 cm³/mol. The van der Waals surface area contributed by atoms with Crippen molar-refractivity contribution in [2.45, 2.75) is 19.4 Å². The molecule has 0 aromatic heterocycles. The van der Waals surface area contributed by atoms with Gasteiger partial charge in [0.15, 0.2) is 0 Å². The van der Waals surface area contributed by atoms with Gasteiger partial charge in [0.1, 0.15) is 6.04 Å². The Kier molecular flexibility index (Phi) is 3.92. The molecule has 0 amide bonds. The lowest BCUT2D eigenvalue weighted by atomic mass is 10.1. The van der Waals surface area contributed by atoms with Crippen molar-refractivity contribution in [3.63, 3.8) is 0 Å². The molecule has 3 N–H and O–H groups in total. The van der Waals surface area contributed by atoms with Crippen LogP contribution in [0.2, 0.25) is 0 Å². The fourth-order valence-corrected chi connectivity index (χ4v) is 1.29. The molecule has 4 nitrogen and oxygen atoms in total. The Morgan fingerprint density at radius 3 is 3.15 bits per heavy atom. The molecule has 1 aliphatic heterocycles. The van der Waals surface area contributed by atoms with Crippen LogP contribution in [0.1, 0.15) is 13.3 Å². The fourth-order valence-electron chi connectivity index (χ4n) is 1.29. The molecular weight excluding hydrogens is 168 g/mol. The monoisotopic (exact) mass is 184 g/mol. The van der Waals surface area contributed by atoms with E-state index < -0.39 is 6.04 Å². The van der Waals surface area contributed by atoms with Crippen LogP contribution in [0.5, 0.6) is 0 Å². The van der Waals surface area contributed by atoms with E-state index in [9.17, 15) is 4.79 Å². The molecule has 1 rings (SSSR count). The van der Waals surface area contributed by atoms with E-state index in [4.69, 9.17) is 10.5 Å². The van der Waals surface area contributed by atoms with Crippen LogP contribution >= 0.6 is 0 Å². The summed E-state index contributed by atoms with van der Waals surface area (Å²) in [5.41, 5.74) is 6.83. The van der Waals surface area contributed by atoms with E-state index in [1.165, 1.54) is 5.57 Å². The summed E-state index contributed by atoms with van der Waals surface area (Å²) in [6.07, 6.45) is 2.67. The number of hydrogen-bond acceptors (Lipinski definition) is 4. The number of esters is 1. The maximum atomic E-state index is 11.1. The molecule has 0 radical (unpaired) electrons. The van der Waals surface area contributed by atoms with Gasteiger partial charge in [-0.2, -0.15) is 0 Å². The van der Waals surface area contributed by atoms with Crippen molar-refractivity contribution in [2.75, 3.05) is 19.7 Å². The number of rotatable bonds is 4. The first kappa shape index (κ1) is 10.2. The molecule has 13 heavy (non-hydrogen) atoms. The molecule has 0 saturated heterocycles. The summed E-state index contributed by atoms with van der Waals surface area (Å²) in [7, 11) is 0. The van der Waals surface area contributed by atoms with Crippen LogP contribution in [-0.2, 0) is 9.53 Å². The van der Waals surface area contributed by atoms with Crippen LogP contribution in [0.15, 0.2) is 11.6 Å². The van der Waals surface area contributed by atoms with Crippen LogP contribution in [-0.4, -0.2) is 31.7 Å². The lowest BCUT2D eigenvalue weighted by Gasteiger charge is -2.10. The van der Waals surface area contributed by atoms with Crippen LogP contribution in [0.3, 0.4) is 0 Å². The lowest BCUT2D eigenvalue weighted by Crippen LogP contribution is -2.33. The van der Waals surface area contributed by atoms with E-state index in [2.05, 4.69) is 11.4 Å². The summed E-state index contributed by atoms with van der Waals surface area (Å²) < 4.78 is 4.80. The smallest absolute Gasteiger partial charge is 0.323 e. The van der Waals surface area contributed by atoms with Gasteiger partial charge in [-0.05, 0) is 13.3 Å². The molecule has 74 valence electrons. The Bertz CT molecular complexity index is 214. The van der Waals surface area contributed by atoms with Gasteiger partial charge in [0.2, 0.25) is 0 Å². The summed E-state index contributed by atoms with van der Waals surface area (Å²) in [4.78, 5) is 11.1. The second-order valence-corrected chi connectivity index (χ2v) is 3.06. The molecule has 1 aliphatic rings. The van der Waals surface area contributed by atoms with Gasteiger partial charge in [-0.15, -0.1) is 0 Å². The largest absolute Gasteiger partial charge is 0.465 e. The van der Waals surface area contributed by atoms with Gasteiger partial charge in [-0.3, -0.25) is 4.79 Å². The van der Waals surface area contributed by atoms with Crippen molar-refractivity contribution in [1.82, 2.24) is 5.32 Å². The minimum atomic E-state index is -0.508. The molecule has 0 aromatic carbocycles. The average molecular weight is 184 g/mol. The Balaban J connectivity index is 2.31. The van der Waals surface area contributed by atoms with Crippen LogP contribution in [0.25, 0.3) is 0 Å². The first-order valence-corrected chi connectivity index (χ1v) is 4.55. The highest BCUT2D eigenvalue weighted by Gasteiger charge is 2.17. The summed E-state index contributed by atoms with van der Waals surface area (Å²) >= 11 is 0. The maximum Gasteiger partial charge on any atom is 0.323 e. The highest BCUT2D eigenvalue weighted by molar-refractivity contribution is 5.75. The molecule has 1 heterocycles. The molecule has 0 aromatic rings. The van der Waals surface area contributed by atoms with Crippen LogP contribution in [0.4, 0.5) is 0 Å². The Hall–Kier alpha value is -0.870. The number of carbonyl (C=O) groups is 1. The fraction of sp³-hybridized carbons (Fsp3) is 0.667. The third-order valence-corrected chi connectivity index (χ3v) is 1.96. The Morgan fingerprint density at radius 1 is 1.85 bits per heavy atom. The Morgan fingerprint density at radius 2 is 2.62 bits per heavy atom. The minimum Gasteiger partial charge on any atom is -0.465 e. The van der Waals surface area contributed by atoms with Crippen molar-refractivity contribution in [1.29, 1.82) is 0 Å². The molecule has 1 unspecified atom stereocenters. The third kappa shape index (κ3) is 3.16. The quantitative estimate of drug-likeness (QED) is 0.469. The van der Waals surface area contributed by atoms with Gasteiger partial charge in [0.25, 0.3) is 0 Å². The van der Waals surface area contributed by atoms with Crippen LogP contribution < -0.4 is 11.1 Å². The zero-order valence-corrected chi connectivity index (χ0v) is 7.88. The van der Waals surface area contributed by atoms with E-state index >= 15 is 0 Å². The van der Waals surface area contributed by atoms with E-state index in [0.29, 0.717) is 13.0 Å². The van der Waals surface area contributed by atoms with Crippen molar-refractivity contribution < 1.29 is 9.53 Å². The molecule has 0 aliphatic carbocycles. The lowest BCUT2D eigenvalue weighted by molar-refractivity contribution is -0.144. The third-order valence-electron chi connectivity index (χ3n) is 1.96. The molecule has 1 atom stereocenters. The summed E-state index contributed by atoms with van der Waals surface area (Å²) in [5, 5.41) is 3.15. The molecule has 0 spiro atoms. The van der Waals surface area contributed by atoms with E-state index in [-0.39, 0.29) is 5.97 Å². The number of hydrogen-bond donors (Lipinski definition) is 2. The molecule has 4 heteroatoms. The number of nitrogens with two attached hydrogens (primary N) is 1. The van der Waals surface area contributed by atoms with Gasteiger partial charge in [0.05, 0.1) is 6.61 Å². The van der Waals surface area contributed by atoms with Gasteiger partial charge in [-0.25, -0.2) is 0 Å².